The van der Waals surface area contributed by atoms with Gasteiger partial charge in [0.2, 0.25) is 0 Å². The van der Waals surface area contributed by atoms with Crippen molar-refractivity contribution in [3.63, 3.8) is 0 Å². The van der Waals surface area contributed by atoms with E-state index in [9.17, 15) is 0 Å². The van der Waals surface area contributed by atoms with Crippen LogP contribution in [0.3, 0.4) is 0 Å². The molecular formula is C15H21NO2. The van der Waals surface area contributed by atoms with Gasteiger partial charge in [-0.05, 0) is 19.0 Å². The molecule has 0 unspecified atom stereocenters. The molecule has 2 rings (SSSR count). The molecule has 0 aliphatic rings. The number of hydrogen-bond donors (Lipinski definition) is 1. The zero-order valence-corrected chi connectivity index (χ0v) is 11.4. The lowest BCUT2D eigenvalue weighted by atomic mass is 10.1. The Bertz CT molecular complexity index is 516. The summed E-state index contributed by atoms with van der Waals surface area (Å²) in [7, 11) is 1.68. The highest BCUT2D eigenvalue weighted by molar-refractivity contribution is 5.87. The average molecular weight is 247 g/mol. The topological polar surface area (TPSA) is 34.4 Å². The lowest BCUT2D eigenvalue weighted by Crippen LogP contribution is -2.12. The first-order chi connectivity index (χ1) is 8.81. The first-order valence-corrected chi connectivity index (χ1v) is 6.59. The Morgan fingerprint density at radius 1 is 1.28 bits per heavy atom. The number of nitrogens with one attached hydrogen (secondary N) is 1. The number of rotatable bonds is 6. The second kappa shape index (κ2) is 5.91. The van der Waals surface area contributed by atoms with E-state index < -0.39 is 0 Å². The van der Waals surface area contributed by atoms with E-state index in [0.29, 0.717) is 0 Å². The molecule has 98 valence electrons. The van der Waals surface area contributed by atoms with Crippen LogP contribution >= 0.6 is 0 Å². The number of benzene rings is 1. The van der Waals surface area contributed by atoms with E-state index in [1.54, 1.807) is 7.11 Å². The Kier molecular flexibility index (Phi) is 4.26. The summed E-state index contributed by atoms with van der Waals surface area (Å²) in [5.41, 5.74) is 2.18. The highest BCUT2D eigenvalue weighted by atomic mass is 16.5. The molecule has 0 atom stereocenters. The molecule has 2 aromatic rings. The summed E-state index contributed by atoms with van der Waals surface area (Å²) in [6, 6.07) is 6.08. The van der Waals surface area contributed by atoms with Crippen molar-refractivity contribution < 1.29 is 9.15 Å². The summed E-state index contributed by atoms with van der Waals surface area (Å²) in [5, 5.41) is 4.51. The molecule has 1 aromatic carbocycles. The summed E-state index contributed by atoms with van der Waals surface area (Å²) >= 11 is 0. The fraction of sp³-hybridized carbons (Fsp3) is 0.467. The molecule has 0 radical (unpaired) electrons. The minimum atomic E-state index is 0.781. The van der Waals surface area contributed by atoms with Gasteiger partial charge in [-0.3, -0.25) is 0 Å². The monoisotopic (exact) mass is 247 g/mol. The molecule has 18 heavy (non-hydrogen) atoms. The molecular weight excluding hydrogens is 226 g/mol. The van der Waals surface area contributed by atoms with E-state index in [4.69, 9.17) is 9.15 Å². The number of aryl methyl sites for hydroxylation is 1. The first kappa shape index (κ1) is 13.0. The zero-order valence-electron chi connectivity index (χ0n) is 11.4. The van der Waals surface area contributed by atoms with Crippen molar-refractivity contribution in [3.05, 3.63) is 29.5 Å². The van der Waals surface area contributed by atoms with Gasteiger partial charge in [-0.25, -0.2) is 0 Å². The summed E-state index contributed by atoms with van der Waals surface area (Å²) < 4.78 is 11.4. The summed E-state index contributed by atoms with van der Waals surface area (Å²) in [4.78, 5) is 0. The SMILES string of the molecule is CCCc1c(CNCC)oc2c(OC)cccc12. The van der Waals surface area contributed by atoms with Gasteiger partial charge in [0.1, 0.15) is 5.76 Å². The van der Waals surface area contributed by atoms with Crippen LogP contribution in [-0.4, -0.2) is 13.7 Å². The largest absolute Gasteiger partial charge is 0.493 e. The standard InChI is InChI=1S/C15H21NO2/c1-4-7-11-12-8-6-9-13(17-3)15(12)18-14(11)10-16-5-2/h6,8-9,16H,4-5,7,10H2,1-3H3. The zero-order chi connectivity index (χ0) is 13.0. The van der Waals surface area contributed by atoms with Gasteiger partial charge in [-0.2, -0.15) is 0 Å². The summed E-state index contributed by atoms with van der Waals surface area (Å²) in [6.07, 6.45) is 2.16. The van der Waals surface area contributed by atoms with Gasteiger partial charge in [-0.15, -0.1) is 0 Å². The molecule has 0 amide bonds. The normalized spacial score (nSPS) is 11.1. The van der Waals surface area contributed by atoms with Crippen LogP contribution in [-0.2, 0) is 13.0 Å². The molecule has 0 fully saturated rings. The molecule has 1 heterocycles. The van der Waals surface area contributed by atoms with Crippen LogP contribution in [0.5, 0.6) is 5.75 Å². The first-order valence-electron chi connectivity index (χ1n) is 6.59. The fourth-order valence-electron chi connectivity index (χ4n) is 2.26. The van der Waals surface area contributed by atoms with Gasteiger partial charge in [0, 0.05) is 10.9 Å². The lowest BCUT2D eigenvalue weighted by molar-refractivity contribution is 0.406. The van der Waals surface area contributed by atoms with Crippen LogP contribution in [0.2, 0.25) is 0 Å². The molecule has 1 aromatic heterocycles. The highest BCUT2D eigenvalue weighted by Crippen LogP contribution is 2.33. The maximum absolute atomic E-state index is 5.99. The number of ether oxygens (including phenoxy) is 1. The van der Waals surface area contributed by atoms with E-state index in [1.165, 1.54) is 10.9 Å². The minimum Gasteiger partial charge on any atom is -0.493 e. The molecule has 3 nitrogen and oxygen atoms in total. The van der Waals surface area contributed by atoms with Gasteiger partial charge < -0.3 is 14.5 Å². The Balaban J connectivity index is 2.51. The minimum absolute atomic E-state index is 0.781. The number of methoxy groups -OCH3 is 1. The quantitative estimate of drug-likeness (QED) is 0.848. The molecule has 0 spiro atoms. The summed E-state index contributed by atoms with van der Waals surface area (Å²) in [6.45, 7) is 6.02. The van der Waals surface area contributed by atoms with Crippen LogP contribution in [0.1, 0.15) is 31.6 Å². The van der Waals surface area contributed by atoms with Crippen LogP contribution in [0.15, 0.2) is 22.6 Å². The van der Waals surface area contributed by atoms with Crippen molar-refractivity contribution in [2.75, 3.05) is 13.7 Å². The van der Waals surface area contributed by atoms with Gasteiger partial charge >= 0.3 is 0 Å². The van der Waals surface area contributed by atoms with Gasteiger partial charge in [0.15, 0.2) is 11.3 Å². The van der Waals surface area contributed by atoms with Crippen LogP contribution in [0.4, 0.5) is 0 Å². The van der Waals surface area contributed by atoms with Crippen molar-refractivity contribution in [3.8, 4) is 5.75 Å². The number of para-hydroxylation sites is 1. The molecule has 0 bridgehead atoms. The van der Waals surface area contributed by atoms with Crippen molar-refractivity contribution >= 4 is 11.0 Å². The van der Waals surface area contributed by atoms with E-state index in [2.05, 4.69) is 25.2 Å². The number of hydrogen-bond acceptors (Lipinski definition) is 3. The number of furan rings is 1. The van der Waals surface area contributed by atoms with Crippen molar-refractivity contribution in [1.29, 1.82) is 0 Å². The maximum atomic E-state index is 5.99. The van der Waals surface area contributed by atoms with Gasteiger partial charge in [0.05, 0.1) is 13.7 Å². The van der Waals surface area contributed by atoms with Crippen LogP contribution in [0, 0.1) is 0 Å². The van der Waals surface area contributed by atoms with E-state index >= 15 is 0 Å². The molecule has 3 heteroatoms. The van der Waals surface area contributed by atoms with E-state index in [1.807, 2.05) is 12.1 Å². The Labute approximate surface area is 108 Å². The molecule has 0 saturated carbocycles. The smallest absolute Gasteiger partial charge is 0.176 e. The van der Waals surface area contributed by atoms with Gasteiger partial charge in [-0.1, -0.05) is 32.4 Å². The molecule has 0 saturated heterocycles. The predicted molar refractivity (Wildman–Crippen MR) is 74.1 cm³/mol. The second-order valence-corrected chi connectivity index (χ2v) is 4.37. The van der Waals surface area contributed by atoms with Crippen molar-refractivity contribution in [1.82, 2.24) is 5.32 Å². The second-order valence-electron chi connectivity index (χ2n) is 4.37. The van der Waals surface area contributed by atoms with Crippen molar-refractivity contribution in [2.45, 2.75) is 33.2 Å². The fourth-order valence-corrected chi connectivity index (χ4v) is 2.26. The summed E-state index contributed by atoms with van der Waals surface area (Å²) in [5.74, 6) is 1.85. The Morgan fingerprint density at radius 3 is 2.78 bits per heavy atom. The Hall–Kier alpha value is -1.48. The Morgan fingerprint density at radius 2 is 2.11 bits per heavy atom. The number of fused-ring (bicyclic) bond motifs is 1. The van der Waals surface area contributed by atoms with Crippen molar-refractivity contribution in [2.24, 2.45) is 0 Å². The molecule has 1 N–H and O–H groups in total. The third-order valence-electron chi connectivity index (χ3n) is 3.12. The van der Waals surface area contributed by atoms with E-state index in [0.717, 1.165) is 43.0 Å². The van der Waals surface area contributed by atoms with Gasteiger partial charge in [0.25, 0.3) is 0 Å². The third kappa shape index (κ3) is 2.36. The molecule has 0 aliphatic heterocycles. The average Bonchev–Trinajstić information content (AvgIpc) is 2.75. The predicted octanol–water partition coefficient (Wildman–Crippen LogP) is 3.50. The molecule has 0 aliphatic carbocycles. The van der Waals surface area contributed by atoms with Crippen LogP contribution in [0.25, 0.3) is 11.0 Å². The van der Waals surface area contributed by atoms with Crippen LogP contribution < -0.4 is 10.1 Å². The highest BCUT2D eigenvalue weighted by Gasteiger charge is 2.15. The third-order valence-corrected chi connectivity index (χ3v) is 3.12. The maximum Gasteiger partial charge on any atom is 0.176 e. The van der Waals surface area contributed by atoms with E-state index in [-0.39, 0.29) is 0 Å². The lowest BCUT2D eigenvalue weighted by Gasteiger charge is -2.01.